The van der Waals surface area contributed by atoms with Crippen LogP contribution >= 0.6 is 0 Å². The Kier molecular flexibility index (Phi) is 10.1. The van der Waals surface area contributed by atoms with E-state index in [1.54, 1.807) is 17.0 Å². The summed E-state index contributed by atoms with van der Waals surface area (Å²) >= 11 is 0. The van der Waals surface area contributed by atoms with E-state index in [9.17, 15) is 18.0 Å². The number of carbonyl (C=O) groups excluding carboxylic acids is 2. The first kappa shape index (κ1) is 28.7. The van der Waals surface area contributed by atoms with Crippen molar-refractivity contribution in [3.63, 3.8) is 0 Å². The van der Waals surface area contributed by atoms with Gasteiger partial charge in [-0.25, -0.2) is 8.42 Å². The molecule has 0 aromatic heterocycles. The number of nitrogens with zero attached hydrogens (tertiary/aromatic N) is 2. The third-order valence-electron chi connectivity index (χ3n) is 7.08. The molecule has 0 aliphatic heterocycles. The highest BCUT2D eigenvalue weighted by Gasteiger charge is 2.33. The number of rotatable bonds is 12. The van der Waals surface area contributed by atoms with Gasteiger partial charge in [0.1, 0.15) is 12.6 Å². The van der Waals surface area contributed by atoms with Crippen LogP contribution in [0.15, 0.2) is 54.6 Å². The summed E-state index contributed by atoms with van der Waals surface area (Å²) in [5.74, 6) is -0.469. The summed E-state index contributed by atoms with van der Waals surface area (Å²) in [5.41, 5.74) is 2.40. The predicted octanol–water partition coefficient (Wildman–Crippen LogP) is 4.48. The average molecular weight is 528 g/mol. The molecule has 37 heavy (non-hydrogen) atoms. The van der Waals surface area contributed by atoms with Gasteiger partial charge in [-0.1, -0.05) is 82.1 Å². The van der Waals surface area contributed by atoms with Crippen molar-refractivity contribution in [1.82, 2.24) is 10.2 Å². The monoisotopic (exact) mass is 527 g/mol. The second kappa shape index (κ2) is 13.1. The number of hydrogen-bond acceptors (Lipinski definition) is 4. The summed E-state index contributed by atoms with van der Waals surface area (Å²) < 4.78 is 27.0. The lowest BCUT2D eigenvalue weighted by Gasteiger charge is -2.34. The lowest BCUT2D eigenvalue weighted by molar-refractivity contribution is -0.139. The Hall–Kier alpha value is -2.87. The highest BCUT2D eigenvalue weighted by atomic mass is 32.2. The number of amides is 2. The molecule has 3 rings (SSSR count). The van der Waals surface area contributed by atoms with Crippen molar-refractivity contribution in [2.24, 2.45) is 0 Å². The topological polar surface area (TPSA) is 86.8 Å². The minimum absolute atomic E-state index is 0.0744. The molecule has 2 aromatic carbocycles. The summed E-state index contributed by atoms with van der Waals surface area (Å²) in [7, 11) is -3.76. The molecule has 1 unspecified atom stereocenters. The van der Waals surface area contributed by atoms with E-state index in [1.165, 1.54) is 4.31 Å². The maximum Gasteiger partial charge on any atom is 0.244 e. The maximum absolute atomic E-state index is 13.9. The maximum atomic E-state index is 13.9. The lowest BCUT2D eigenvalue weighted by atomic mass is 10.0. The van der Waals surface area contributed by atoms with Gasteiger partial charge in [0, 0.05) is 12.6 Å². The van der Waals surface area contributed by atoms with Crippen molar-refractivity contribution in [1.29, 1.82) is 0 Å². The third kappa shape index (κ3) is 7.81. The number of sulfonamides is 1. The molecular formula is C29H41N3O4S. The molecule has 0 radical (unpaired) electrons. The Morgan fingerprint density at radius 1 is 1.00 bits per heavy atom. The van der Waals surface area contributed by atoms with Gasteiger partial charge in [-0.05, 0) is 48.8 Å². The minimum atomic E-state index is -3.76. The molecular weight excluding hydrogens is 486 g/mol. The molecule has 0 spiro atoms. The fourth-order valence-corrected chi connectivity index (χ4v) is 5.93. The van der Waals surface area contributed by atoms with Gasteiger partial charge in [-0.2, -0.15) is 0 Å². The molecule has 0 heterocycles. The molecule has 0 bridgehead atoms. The fraction of sp³-hybridized carbons (Fsp3) is 0.517. The number of nitrogens with one attached hydrogen (secondary N) is 1. The second-order valence-electron chi connectivity index (χ2n) is 10.2. The summed E-state index contributed by atoms with van der Waals surface area (Å²) in [6.45, 7) is 5.85. The standard InChI is InChI=1S/C29H41N3O4S/c1-5-26(29(34)30-24-15-9-10-16-24)31(20-19-23-13-7-6-8-14-23)28(33)21-32(37(4,35)36)27-18-12-11-17-25(27)22(2)3/h6-8,11-14,17-18,22,24,26H,5,9-10,15-16,19-21H2,1-4H3,(H,30,34). The highest BCUT2D eigenvalue weighted by molar-refractivity contribution is 7.92. The Bertz CT molecular complexity index is 1140. The van der Waals surface area contributed by atoms with Crippen molar-refractivity contribution in [2.75, 3.05) is 23.7 Å². The molecule has 1 aliphatic rings. The molecule has 1 aliphatic carbocycles. The molecule has 7 nitrogen and oxygen atoms in total. The normalized spacial score (nSPS) is 14.9. The van der Waals surface area contributed by atoms with E-state index in [1.807, 2.05) is 63.2 Å². The highest BCUT2D eigenvalue weighted by Crippen LogP contribution is 2.29. The van der Waals surface area contributed by atoms with Crippen molar-refractivity contribution >= 4 is 27.5 Å². The largest absolute Gasteiger partial charge is 0.352 e. The first-order chi connectivity index (χ1) is 17.6. The zero-order valence-corrected chi connectivity index (χ0v) is 23.3. The van der Waals surface area contributed by atoms with Crippen LogP contribution in [0, 0.1) is 0 Å². The smallest absolute Gasteiger partial charge is 0.244 e. The molecule has 0 saturated heterocycles. The van der Waals surface area contributed by atoms with E-state index in [4.69, 9.17) is 0 Å². The van der Waals surface area contributed by atoms with Crippen molar-refractivity contribution in [3.05, 3.63) is 65.7 Å². The average Bonchev–Trinajstić information content (AvgIpc) is 3.37. The van der Waals surface area contributed by atoms with Gasteiger partial charge in [-0.3, -0.25) is 13.9 Å². The molecule has 2 amide bonds. The van der Waals surface area contributed by atoms with Crippen LogP contribution in [0.1, 0.15) is 69.9 Å². The van der Waals surface area contributed by atoms with Crippen LogP contribution < -0.4 is 9.62 Å². The zero-order chi connectivity index (χ0) is 27.0. The van der Waals surface area contributed by atoms with Crippen LogP contribution in [-0.4, -0.2) is 56.6 Å². The van der Waals surface area contributed by atoms with Crippen LogP contribution in [-0.2, 0) is 26.0 Å². The summed E-state index contributed by atoms with van der Waals surface area (Å²) in [6.07, 6.45) is 6.23. The second-order valence-corrected chi connectivity index (χ2v) is 12.1. The van der Waals surface area contributed by atoms with Gasteiger partial charge < -0.3 is 10.2 Å². The van der Waals surface area contributed by atoms with Crippen molar-refractivity contribution in [3.8, 4) is 0 Å². The van der Waals surface area contributed by atoms with Crippen LogP contribution in [0.2, 0.25) is 0 Å². The summed E-state index contributed by atoms with van der Waals surface area (Å²) in [6, 6.07) is 16.5. The number of benzene rings is 2. The number of hydrogen-bond donors (Lipinski definition) is 1. The van der Waals surface area contributed by atoms with Crippen molar-refractivity contribution < 1.29 is 18.0 Å². The van der Waals surface area contributed by atoms with Crippen LogP contribution in [0.3, 0.4) is 0 Å². The van der Waals surface area contributed by atoms with E-state index in [0.717, 1.165) is 43.1 Å². The van der Waals surface area contributed by atoms with Crippen molar-refractivity contribution in [2.45, 2.75) is 77.3 Å². The molecule has 1 N–H and O–H groups in total. The number of carbonyl (C=O) groups is 2. The molecule has 8 heteroatoms. The SMILES string of the molecule is CCC(C(=O)NC1CCCC1)N(CCc1ccccc1)C(=O)CN(c1ccccc1C(C)C)S(C)(=O)=O. The van der Waals surface area contributed by atoms with Crippen LogP contribution in [0.25, 0.3) is 0 Å². The van der Waals surface area contributed by atoms with E-state index in [0.29, 0.717) is 25.1 Å². The quantitative estimate of drug-likeness (QED) is 0.441. The lowest BCUT2D eigenvalue weighted by Crippen LogP contribution is -2.54. The number of anilines is 1. The summed E-state index contributed by atoms with van der Waals surface area (Å²) in [4.78, 5) is 28.8. The zero-order valence-electron chi connectivity index (χ0n) is 22.5. The number of para-hydroxylation sites is 1. The third-order valence-corrected chi connectivity index (χ3v) is 8.20. The van der Waals surface area contributed by atoms with Gasteiger partial charge in [0.05, 0.1) is 11.9 Å². The van der Waals surface area contributed by atoms with Gasteiger partial charge in [-0.15, -0.1) is 0 Å². The molecule has 2 aromatic rings. The first-order valence-electron chi connectivity index (χ1n) is 13.3. The van der Waals surface area contributed by atoms with E-state index in [2.05, 4.69) is 5.32 Å². The van der Waals surface area contributed by atoms with Gasteiger partial charge in [0.2, 0.25) is 21.8 Å². The Morgan fingerprint density at radius 3 is 2.22 bits per heavy atom. The van der Waals surface area contributed by atoms with Crippen LogP contribution in [0.4, 0.5) is 5.69 Å². The molecule has 202 valence electrons. The molecule has 1 fully saturated rings. The molecule has 1 atom stereocenters. The van der Waals surface area contributed by atoms with E-state index >= 15 is 0 Å². The predicted molar refractivity (Wildman–Crippen MR) is 149 cm³/mol. The van der Waals surface area contributed by atoms with Gasteiger partial charge >= 0.3 is 0 Å². The van der Waals surface area contributed by atoms with Crippen LogP contribution in [0.5, 0.6) is 0 Å². The van der Waals surface area contributed by atoms with Gasteiger partial charge in [0.25, 0.3) is 0 Å². The molecule has 1 saturated carbocycles. The fourth-order valence-electron chi connectivity index (χ4n) is 5.06. The van der Waals surface area contributed by atoms with E-state index in [-0.39, 0.29) is 30.3 Å². The Balaban J connectivity index is 1.91. The summed E-state index contributed by atoms with van der Waals surface area (Å²) in [5, 5.41) is 3.14. The Morgan fingerprint density at radius 2 is 1.62 bits per heavy atom. The Labute approximate surface area is 222 Å². The van der Waals surface area contributed by atoms with Gasteiger partial charge in [0.15, 0.2) is 0 Å². The minimum Gasteiger partial charge on any atom is -0.352 e. The van der Waals surface area contributed by atoms with E-state index < -0.39 is 16.1 Å². The first-order valence-corrected chi connectivity index (χ1v) is 15.2.